The van der Waals surface area contributed by atoms with E-state index in [2.05, 4.69) is 148 Å². The Hall–Kier alpha value is -4.57. The molecule has 0 spiro atoms. The molecule has 0 amide bonds. The van der Waals surface area contributed by atoms with Crippen molar-refractivity contribution in [2.75, 3.05) is 47.5 Å². The summed E-state index contributed by atoms with van der Waals surface area (Å²) in [7, 11) is 5.92. The van der Waals surface area contributed by atoms with Gasteiger partial charge in [-0.3, -0.25) is 9.59 Å². The molecule has 84 heavy (non-hydrogen) atoms. The lowest BCUT2D eigenvalue weighted by Crippen LogP contribution is -2.44. The lowest BCUT2D eigenvalue weighted by Gasteiger charge is -2.26. The molecular weight excluding hydrogens is 1040 g/mol. The highest BCUT2D eigenvalue weighted by atomic mass is 16.7. The predicted molar refractivity (Wildman–Crippen MR) is 356 cm³/mol. The number of likely N-dealkylation sites (N-methyl/N-ethyl adjacent to an activating group) is 1. The molecule has 478 valence electrons. The van der Waals surface area contributed by atoms with Crippen molar-refractivity contribution in [3.63, 3.8) is 0 Å². The van der Waals surface area contributed by atoms with Crippen LogP contribution in [0.5, 0.6) is 0 Å². The van der Waals surface area contributed by atoms with Gasteiger partial charge in [-0.05, 0) is 116 Å². The van der Waals surface area contributed by atoms with Gasteiger partial charge in [-0.15, -0.1) is 0 Å². The lowest BCUT2D eigenvalue weighted by atomic mass is 10.0. The van der Waals surface area contributed by atoms with Crippen LogP contribution in [0.3, 0.4) is 0 Å². The molecule has 0 aliphatic carbocycles. The molecule has 0 saturated carbocycles. The van der Waals surface area contributed by atoms with Crippen LogP contribution in [0.15, 0.2) is 134 Å². The van der Waals surface area contributed by atoms with Crippen molar-refractivity contribution in [1.29, 1.82) is 0 Å². The second kappa shape index (κ2) is 64.4. The highest BCUT2D eigenvalue weighted by Gasteiger charge is 2.22. The molecule has 0 N–H and O–H groups in total. The molecular formula is C75H125NO8. The molecule has 0 radical (unpaired) electrons. The Kier molecular flexibility index (Phi) is 60.9. The van der Waals surface area contributed by atoms with Crippen molar-refractivity contribution in [3.05, 3.63) is 134 Å². The quantitative estimate of drug-likeness (QED) is 0.0195. The minimum atomic E-state index is -1.63. The summed E-state index contributed by atoms with van der Waals surface area (Å²) < 4.78 is 22.7. The number of esters is 2. The molecule has 0 fully saturated rings. The molecule has 9 heteroatoms. The van der Waals surface area contributed by atoms with Gasteiger partial charge in [0.15, 0.2) is 12.4 Å². The zero-order valence-corrected chi connectivity index (χ0v) is 54.5. The SMILES string of the molecule is CC/C=C\C/C=C\C/C=C\C/C=C\C/C=C\C/C=C\C/C=C\C/C=C\C/C=C\CCCCCCCCCCCCCCCC(=O)OC(COC(=O)CCCCCCCCC/C=C\C/C=C\CCCCCC)COC(OCC[N+](C)(C)C)C(=O)[O-]. The van der Waals surface area contributed by atoms with E-state index in [1.54, 1.807) is 0 Å². The Bertz CT molecular complexity index is 1840. The Morgan fingerprint density at radius 1 is 0.369 bits per heavy atom. The molecule has 0 aliphatic rings. The number of hydrogen-bond donors (Lipinski definition) is 0. The number of rotatable bonds is 61. The molecule has 2 atom stereocenters. The number of quaternary nitrogens is 1. The average Bonchev–Trinajstić information content (AvgIpc) is 3.52. The fourth-order valence-corrected chi connectivity index (χ4v) is 8.97. The Balaban J connectivity index is 4.11. The van der Waals surface area contributed by atoms with Crippen LogP contribution in [-0.2, 0) is 33.3 Å². The topological polar surface area (TPSA) is 111 Å². The largest absolute Gasteiger partial charge is 0.545 e. The molecule has 0 aromatic heterocycles. The van der Waals surface area contributed by atoms with Gasteiger partial charge in [-0.1, -0.05) is 270 Å². The number of hydrogen-bond acceptors (Lipinski definition) is 8. The van der Waals surface area contributed by atoms with Crippen LogP contribution >= 0.6 is 0 Å². The zero-order chi connectivity index (χ0) is 61.2. The van der Waals surface area contributed by atoms with Crippen molar-refractivity contribution < 1.29 is 42.9 Å². The second-order valence-electron chi connectivity index (χ2n) is 23.4. The van der Waals surface area contributed by atoms with E-state index in [0.29, 0.717) is 17.4 Å². The van der Waals surface area contributed by atoms with Crippen LogP contribution < -0.4 is 5.11 Å². The van der Waals surface area contributed by atoms with Crippen molar-refractivity contribution in [1.82, 2.24) is 0 Å². The highest BCUT2D eigenvalue weighted by molar-refractivity contribution is 5.70. The van der Waals surface area contributed by atoms with Gasteiger partial charge in [-0.2, -0.15) is 0 Å². The number of carboxylic acid groups (broad SMARTS) is 1. The van der Waals surface area contributed by atoms with Crippen LogP contribution in [0.25, 0.3) is 0 Å². The zero-order valence-electron chi connectivity index (χ0n) is 54.5. The van der Waals surface area contributed by atoms with Gasteiger partial charge in [0.2, 0.25) is 0 Å². The first-order chi connectivity index (χ1) is 41.1. The first-order valence-electron chi connectivity index (χ1n) is 33.8. The Labute approximate surface area is 516 Å². The summed E-state index contributed by atoms with van der Waals surface area (Å²) in [6.45, 7) is 4.61. The van der Waals surface area contributed by atoms with Crippen LogP contribution in [-0.4, -0.2) is 82.3 Å². The molecule has 0 aromatic carbocycles. The Morgan fingerprint density at radius 3 is 1.01 bits per heavy atom. The predicted octanol–water partition coefficient (Wildman–Crippen LogP) is 19.6. The number of ether oxygens (including phenoxy) is 4. The van der Waals surface area contributed by atoms with Crippen molar-refractivity contribution in [3.8, 4) is 0 Å². The van der Waals surface area contributed by atoms with E-state index in [1.807, 2.05) is 21.1 Å². The van der Waals surface area contributed by atoms with Crippen LogP contribution in [0.4, 0.5) is 0 Å². The van der Waals surface area contributed by atoms with Crippen molar-refractivity contribution in [2.45, 2.75) is 277 Å². The van der Waals surface area contributed by atoms with E-state index in [4.69, 9.17) is 18.9 Å². The summed E-state index contributed by atoms with van der Waals surface area (Å²) in [6.07, 6.45) is 89.5. The summed E-state index contributed by atoms with van der Waals surface area (Å²) >= 11 is 0. The van der Waals surface area contributed by atoms with E-state index < -0.39 is 24.3 Å². The first kappa shape index (κ1) is 79.4. The summed E-state index contributed by atoms with van der Waals surface area (Å²) in [5, 5.41) is 11.8. The smallest absolute Gasteiger partial charge is 0.306 e. The summed E-state index contributed by atoms with van der Waals surface area (Å²) in [5.41, 5.74) is 0. The third-order valence-electron chi connectivity index (χ3n) is 14.1. The molecule has 0 aromatic rings. The van der Waals surface area contributed by atoms with Gasteiger partial charge in [0.25, 0.3) is 0 Å². The minimum Gasteiger partial charge on any atom is -0.545 e. The van der Waals surface area contributed by atoms with Crippen molar-refractivity contribution >= 4 is 17.9 Å². The molecule has 0 rings (SSSR count). The van der Waals surface area contributed by atoms with E-state index in [9.17, 15) is 19.5 Å². The maximum absolute atomic E-state index is 12.9. The minimum absolute atomic E-state index is 0.141. The summed E-state index contributed by atoms with van der Waals surface area (Å²) in [4.78, 5) is 37.4. The van der Waals surface area contributed by atoms with E-state index >= 15 is 0 Å². The maximum atomic E-state index is 12.9. The third kappa shape index (κ3) is 65.0. The standard InChI is InChI=1S/C75H125NO8/c1-6-8-10-12-14-16-18-20-22-24-26-27-28-29-30-31-32-33-34-35-36-37-38-39-40-41-42-43-44-45-46-47-48-50-52-54-56-58-60-62-64-66-73(78)84-71(70-83-75(74(79)80)81-68-67-76(3,4)5)69-82-72(77)65-63-61-59-57-55-53-51-49-25-23-21-19-17-15-13-11-9-7-2/h8,10,14,16-17,19-20,22-23,25-27,29-30,32-33,35-36,38-39,41-42,71,75H,6-7,9,11-13,15,18,21,24,28,31,34,37,40,43-70H2,1-5H3/b10-8-,16-14-,19-17-,22-20-,25-23-,27-26-,30-29-,33-32-,36-35-,39-38-,42-41-. The van der Waals surface area contributed by atoms with E-state index in [-0.39, 0.29) is 38.6 Å². The highest BCUT2D eigenvalue weighted by Crippen LogP contribution is 2.16. The van der Waals surface area contributed by atoms with E-state index in [0.717, 1.165) is 116 Å². The van der Waals surface area contributed by atoms with Crippen LogP contribution in [0.2, 0.25) is 0 Å². The third-order valence-corrected chi connectivity index (χ3v) is 14.1. The van der Waals surface area contributed by atoms with Crippen LogP contribution in [0, 0.1) is 0 Å². The molecule has 0 saturated heterocycles. The molecule has 0 heterocycles. The summed E-state index contributed by atoms with van der Waals surface area (Å²) in [6, 6.07) is 0. The number of aliphatic carboxylic acids is 1. The molecule has 0 aliphatic heterocycles. The van der Waals surface area contributed by atoms with Crippen molar-refractivity contribution in [2.24, 2.45) is 0 Å². The van der Waals surface area contributed by atoms with Crippen LogP contribution in [0.1, 0.15) is 264 Å². The number of allylic oxidation sites excluding steroid dienone is 22. The summed E-state index contributed by atoms with van der Waals surface area (Å²) in [5.74, 6) is -2.30. The van der Waals surface area contributed by atoms with Gasteiger partial charge in [0, 0.05) is 12.8 Å². The second-order valence-corrected chi connectivity index (χ2v) is 23.4. The molecule has 9 nitrogen and oxygen atoms in total. The maximum Gasteiger partial charge on any atom is 0.306 e. The number of unbranched alkanes of at least 4 members (excludes halogenated alkanes) is 24. The first-order valence-corrected chi connectivity index (χ1v) is 33.8. The van der Waals surface area contributed by atoms with Gasteiger partial charge in [0.05, 0.1) is 40.3 Å². The number of nitrogens with zero attached hydrogens (tertiary/aromatic N) is 1. The normalized spacial score (nSPS) is 13.6. The van der Waals surface area contributed by atoms with Gasteiger partial charge in [0.1, 0.15) is 13.2 Å². The number of carboxylic acids is 1. The molecule has 0 bridgehead atoms. The fourth-order valence-electron chi connectivity index (χ4n) is 8.97. The lowest BCUT2D eigenvalue weighted by molar-refractivity contribution is -0.870. The van der Waals surface area contributed by atoms with E-state index in [1.165, 1.54) is 116 Å². The van der Waals surface area contributed by atoms with Gasteiger partial charge in [-0.25, -0.2) is 0 Å². The van der Waals surface area contributed by atoms with Gasteiger partial charge < -0.3 is 33.3 Å². The number of carbonyl (C=O) groups is 3. The Morgan fingerprint density at radius 2 is 0.679 bits per heavy atom. The monoisotopic (exact) mass is 1170 g/mol. The average molecular weight is 1170 g/mol. The number of carbonyl (C=O) groups excluding carboxylic acids is 3. The fraction of sp³-hybridized carbons (Fsp3) is 0.667. The van der Waals surface area contributed by atoms with Gasteiger partial charge >= 0.3 is 11.9 Å². The molecule has 2 unspecified atom stereocenters.